The van der Waals surface area contributed by atoms with Crippen LogP contribution in [-0.2, 0) is 26.2 Å². The standard InChI is InChI=1S/C31H37Cl2N3O5S/c1-4-7-19-34-31(38)27(5-2)35(21-23-17-18-25(32)26(33)20-23)30(37)22-36(28-15-11-12-16-29(28)41-6-3)42(39,40)24-13-9-8-10-14-24/h8-18,20,27H,4-7,19,21-22H2,1-3H3,(H,34,38)/t27-/m1/s1. The number of ether oxygens (including phenoxy) is 1. The summed E-state index contributed by atoms with van der Waals surface area (Å²) in [5.74, 6) is -0.566. The quantitative estimate of drug-likeness (QED) is 0.198. The molecule has 3 aromatic rings. The van der Waals surface area contributed by atoms with Gasteiger partial charge < -0.3 is 15.0 Å². The van der Waals surface area contributed by atoms with Gasteiger partial charge in [-0.2, -0.15) is 0 Å². The minimum Gasteiger partial charge on any atom is -0.492 e. The van der Waals surface area contributed by atoms with Gasteiger partial charge >= 0.3 is 0 Å². The molecule has 0 fully saturated rings. The molecular formula is C31H37Cl2N3O5S. The van der Waals surface area contributed by atoms with Gasteiger partial charge in [-0.3, -0.25) is 13.9 Å². The second-order valence-electron chi connectivity index (χ2n) is 9.56. The van der Waals surface area contributed by atoms with E-state index < -0.39 is 28.5 Å². The Hall–Kier alpha value is -3.27. The Morgan fingerprint density at radius 1 is 0.929 bits per heavy atom. The van der Waals surface area contributed by atoms with Crippen LogP contribution in [0.15, 0.2) is 77.7 Å². The molecule has 8 nitrogen and oxygen atoms in total. The van der Waals surface area contributed by atoms with Crippen LogP contribution in [0.25, 0.3) is 0 Å². The summed E-state index contributed by atoms with van der Waals surface area (Å²) in [6.45, 7) is 5.83. The fourth-order valence-electron chi connectivity index (χ4n) is 4.43. The van der Waals surface area contributed by atoms with E-state index in [1.807, 2.05) is 13.8 Å². The predicted octanol–water partition coefficient (Wildman–Crippen LogP) is 6.31. The van der Waals surface area contributed by atoms with Crippen molar-refractivity contribution in [3.8, 4) is 5.75 Å². The van der Waals surface area contributed by atoms with Crippen LogP contribution in [0, 0.1) is 0 Å². The van der Waals surface area contributed by atoms with Crippen molar-refractivity contribution in [2.24, 2.45) is 0 Å². The van der Waals surface area contributed by atoms with Crippen LogP contribution in [0.3, 0.4) is 0 Å². The van der Waals surface area contributed by atoms with Crippen molar-refractivity contribution < 1.29 is 22.7 Å². The van der Waals surface area contributed by atoms with Gasteiger partial charge in [0.1, 0.15) is 18.3 Å². The number of anilines is 1. The van der Waals surface area contributed by atoms with Crippen LogP contribution in [0.1, 0.15) is 45.6 Å². The fourth-order valence-corrected chi connectivity index (χ4v) is 6.20. The zero-order valence-corrected chi connectivity index (χ0v) is 26.4. The fraction of sp³-hybridized carbons (Fsp3) is 0.355. The molecule has 11 heteroatoms. The highest BCUT2D eigenvalue weighted by Crippen LogP contribution is 2.33. The minimum absolute atomic E-state index is 0.0156. The second kappa shape index (κ2) is 15.8. The summed E-state index contributed by atoms with van der Waals surface area (Å²) < 4.78 is 34.8. The van der Waals surface area contributed by atoms with Crippen molar-refractivity contribution in [2.45, 2.75) is 57.5 Å². The Labute approximate surface area is 258 Å². The Morgan fingerprint density at radius 3 is 2.26 bits per heavy atom. The molecule has 1 atom stereocenters. The first-order valence-corrected chi connectivity index (χ1v) is 16.1. The molecule has 0 unspecified atom stereocenters. The molecule has 0 aromatic heterocycles. The lowest BCUT2D eigenvalue weighted by Crippen LogP contribution is -2.52. The molecule has 0 bridgehead atoms. The van der Waals surface area contributed by atoms with Gasteiger partial charge in [-0.1, -0.05) is 79.9 Å². The number of unbranched alkanes of at least 4 members (excludes halogenated alkanes) is 1. The van der Waals surface area contributed by atoms with Gasteiger partial charge in [0.15, 0.2) is 0 Å². The van der Waals surface area contributed by atoms with Gasteiger partial charge in [0.25, 0.3) is 10.0 Å². The number of amides is 2. The average molecular weight is 635 g/mol. The number of carbonyl (C=O) groups is 2. The molecule has 3 rings (SSSR count). The van der Waals surface area contributed by atoms with Crippen LogP contribution in [0.2, 0.25) is 10.0 Å². The highest BCUT2D eigenvalue weighted by Gasteiger charge is 2.34. The molecule has 0 saturated carbocycles. The normalized spacial score (nSPS) is 11.9. The van der Waals surface area contributed by atoms with E-state index in [9.17, 15) is 18.0 Å². The predicted molar refractivity (Wildman–Crippen MR) is 168 cm³/mol. The molecule has 3 aromatic carbocycles. The van der Waals surface area contributed by atoms with Crippen molar-refractivity contribution in [2.75, 3.05) is 24.0 Å². The minimum atomic E-state index is -4.21. The second-order valence-corrected chi connectivity index (χ2v) is 12.2. The van der Waals surface area contributed by atoms with Gasteiger partial charge in [0.2, 0.25) is 11.8 Å². The molecule has 0 radical (unpaired) electrons. The van der Waals surface area contributed by atoms with Crippen molar-refractivity contribution in [1.29, 1.82) is 0 Å². The Bertz CT molecular complexity index is 1450. The van der Waals surface area contributed by atoms with E-state index in [1.165, 1.54) is 17.0 Å². The topological polar surface area (TPSA) is 96.0 Å². The maximum Gasteiger partial charge on any atom is 0.264 e. The van der Waals surface area contributed by atoms with Crippen LogP contribution in [0.4, 0.5) is 5.69 Å². The summed E-state index contributed by atoms with van der Waals surface area (Å²) in [6, 6.07) is 18.7. The maximum atomic E-state index is 14.2. The van der Waals surface area contributed by atoms with Crippen LogP contribution in [-0.4, -0.2) is 50.9 Å². The summed E-state index contributed by atoms with van der Waals surface area (Å²) in [4.78, 5) is 28.9. The van der Waals surface area contributed by atoms with Crippen molar-refractivity contribution in [3.63, 3.8) is 0 Å². The molecule has 226 valence electrons. The molecule has 2 amide bonds. The highest BCUT2D eigenvalue weighted by molar-refractivity contribution is 7.92. The number of benzene rings is 3. The van der Waals surface area contributed by atoms with Gasteiger partial charge in [0, 0.05) is 13.1 Å². The zero-order chi connectivity index (χ0) is 30.7. The largest absolute Gasteiger partial charge is 0.492 e. The highest BCUT2D eigenvalue weighted by atomic mass is 35.5. The van der Waals surface area contributed by atoms with Gasteiger partial charge in [-0.15, -0.1) is 0 Å². The van der Waals surface area contributed by atoms with Gasteiger partial charge in [-0.05, 0) is 61.7 Å². The summed E-state index contributed by atoms with van der Waals surface area (Å²) in [6.07, 6.45) is 2.00. The number of sulfonamides is 1. The lowest BCUT2D eigenvalue weighted by molar-refractivity contribution is -0.140. The van der Waals surface area contributed by atoms with E-state index in [2.05, 4.69) is 5.32 Å². The Balaban J connectivity index is 2.09. The van der Waals surface area contributed by atoms with Gasteiger partial charge in [-0.25, -0.2) is 8.42 Å². The van der Waals surface area contributed by atoms with E-state index in [4.69, 9.17) is 27.9 Å². The maximum absolute atomic E-state index is 14.2. The molecule has 1 N–H and O–H groups in total. The van der Waals surface area contributed by atoms with Crippen LogP contribution in [0.5, 0.6) is 5.75 Å². The first-order chi connectivity index (χ1) is 20.1. The van der Waals surface area contributed by atoms with E-state index in [0.717, 1.165) is 17.1 Å². The molecule has 0 aliphatic heterocycles. The van der Waals surface area contributed by atoms with Crippen LogP contribution < -0.4 is 14.4 Å². The van der Waals surface area contributed by atoms with E-state index in [0.29, 0.717) is 40.9 Å². The number of halogens is 2. The van der Waals surface area contributed by atoms with Gasteiger partial charge in [0.05, 0.1) is 27.2 Å². The summed E-state index contributed by atoms with van der Waals surface area (Å²) in [5, 5.41) is 3.57. The number of hydrogen-bond donors (Lipinski definition) is 1. The smallest absolute Gasteiger partial charge is 0.264 e. The molecule has 0 aliphatic carbocycles. The molecule has 0 aliphatic rings. The first kappa shape index (κ1) is 33.2. The van der Waals surface area contributed by atoms with Crippen LogP contribution >= 0.6 is 23.2 Å². The summed E-state index contributed by atoms with van der Waals surface area (Å²) in [7, 11) is -4.21. The molecule has 0 saturated heterocycles. The molecule has 42 heavy (non-hydrogen) atoms. The third kappa shape index (κ3) is 8.40. The van der Waals surface area contributed by atoms with E-state index in [1.54, 1.807) is 67.6 Å². The molecule has 0 heterocycles. The number of nitrogens with zero attached hydrogens (tertiary/aromatic N) is 2. The van der Waals surface area contributed by atoms with E-state index >= 15 is 0 Å². The summed E-state index contributed by atoms with van der Waals surface area (Å²) >= 11 is 12.4. The number of para-hydroxylation sites is 2. The van der Waals surface area contributed by atoms with Crippen molar-refractivity contribution in [3.05, 3.63) is 88.4 Å². The van der Waals surface area contributed by atoms with E-state index in [-0.39, 0.29) is 23.0 Å². The monoisotopic (exact) mass is 633 g/mol. The SMILES string of the molecule is CCCCNC(=O)[C@@H](CC)N(Cc1ccc(Cl)c(Cl)c1)C(=O)CN(c1ccccc1OCC)S(=O)(=O)c1ccccc1. The molecule has 0 spiro atoms. The Morgan fingerprint density at radius 2 is 1.62 bits per heavy atom. The average Bonchev–Trinajstić information content (AvgIpc) is 2.98. The lowest BCUT2D eigenvalue weighted by Gasteiger charge is -2.33. The number of rotatable bonds is 15. The summed E-state index contributed by atoms with van der Waals surface area (Å²) in [5.41, 5.74) is 0.858. The number of nitrogens with one attached hydrogen (secondary N) is 1. The van der Waals surface area contributed by atoms with Crippen molar-refractivity contribution in [1.82, 2.24) is 10.2 Å². The third-order valence-corrected chi connectivity index (χ3v) is 9.11. The Kier molecular flexibility index (Phi) is 12.5. The molecular weight excluding hydrogens is 597 g/mol. The first-order valence-electron chi connectivity index (χ1n) is 13.9. The number of carbonyl (C=O) groups excluding carboxylic acids is 2. The third-order valence-electron chi connectivity index (χ3n) is 6.60. The lowest BCUT2D eigenvalue weighted by atomic mass is 10.1. The number of hydrogen-bond acceptors (Lipinski definition) is 5. The zero-order valence-electron chi connectivity index (χ0n) is 24.1. The van der Waals surface area contributed by atoms with Crippen molar-refractivity contribution >= 4 is 50.7 Å².